The smallest absolute Gasteiger partial charge is 0.274 e. The zero-order valence-electron chi connectivity index (χ0n) is 10.6. The molecule has 10 heteroatoms. The normalized spacial score (nSPS) is 12.3. The molecule has 0 saturated carbocycles. The summed E-state index contributed by atoms with van der Waals surface area (Å²) in [6, 6.07) is 0.953. The molecular weight excluding hydrogens is 321 g/mol. The van der Waals surface area contributed by atoms with Crippen molar-refractivity contribution >= 4 is 15.9 Å². The number of sulfonamides is 1. The monoisotopic (exact) mass is 331 g/mol. The minimum absolute atomic E-state index is 0.195. The highest BCUT2D eigenvalue weighted by atomic mass is 32.2. The molecule has 0 spiro atoms. The van der Waals surface area contributed by atoms with Gasteiger partial charge < -0.3 is 0 Å². The van der Waals surface area contributed by atoms with Crippen molar-refractivity contribution in [3.63, 3.8) is 0 Å². The van der Waals surface area contributed by atoms with E-state index in [1.165, 1.54) is 11.6 Å². The highest BCUT2D eigenvalue weighted by Crippen LogP contribution is 2.22. The molecule has 0 saturated heterocycles. The summed E-state index contributed by atoms with van der Waals surface area (Å²) in [4.78, 5) is 10.1. The highest BCUT2D eigenvalue weighted by molar-refractivity contribution is 7.90. The molecule has 1 aromatic rings. The first kappa shape index (κ1) is 17.3. The lowest BCUT2D eigenvalue weighted by Gasteiger charge is -2.10. The quantitative estimate of drug-likeness (QED) is 0.862. The predicted molar refractivity (Wildman–Crippen MR) is 61.7 cm³/mol. The minimum atomic E-state index is -4.71. The third kappa shape index (κ3) is 4.96. The van der Waals surface area contributed by atoms with Gasteiger partial charge in [0.05, 0.1) is 6.42 Å². The summed E-state index contributed by atoms with van der Waals surface area (Å²) in [7, 11) is -4.71. The maximum Gasteiger partial charge on any atom is 0.389 e. The average Bonchev–Trinajstić information content (AvgIpc) is 2.29. The number of alkyl halides is 3. The van der Waals surface area contributed by atoms with Gasteiger partial charge in [-0.2, -0.15) is 13.2 Å². The lowest BCUT2D eigenvalue weighted by atomic mass is 10.2. The Morgan fingerprint density at radius 2 is 1.76 bits per heavy atom. The van der Waals surface area contributed by atoms with Crippen LogP contribution in [0.1, 0.15) is 18.4 Å². The number of nitrogens with one attached hydrogen (secondary N) is 1. The van der Waals surface area contributed by atoms with Crippen LogP contribution in [0.25, 0.3) is 0 Å². The molecule has 0 radical (unpaired) electrons. The van der Waals surface area contributed by atoms with Crippen LogP contribution in [0.4, 0.5) is 22.0 Å². The van der Waals surface area contributed by atoms with Crippen LogP contribution >= 0.6 is 0 Å². The number of rotatable bonds is 4. The summed E-state index contributed by atoms with van der Waals surface area (Å²) in [5.74, 6) is -3.88. The topological polar surface area (TPSA) is 63.2 Å². The SMILES string of the molecule is Cc1cc(S(=O)(=O)NC(=O)CCC(F)(F)F)c(F)cc1F. The van der Waals surface area contributed by atoms with Crippen LogP contribution in [0.15, 0.2) is 17.0 Å². The van der Waals surface area contributed by atoms with Gasteiger partial charge in [0.15, 0.2) is 0 Å². The third-order valence-corrected chi connectivity index (χ3v) is 3.77. The lowest BCUT2D eigenvalue weighted by molar-refractivity contribution is -0.143. The number of halogens is 5. The van der Waals surface area contributed by atoms with E-state index in [4.69, 9.17) is 0 Å². The summed E-state index contributed by atoms with van der Waals surface area (Å²) in [5, 5.41) is 0. The van der Waals surface area contributed by atoms with Crippen molar-refractivity contribution in [3.05, 3.63) is 29.3 Å². The number of benzene rings is 1. The maximum atomic E-state index is 13.4. The van der Waals surface area contributed by atoms with Crippen LogP contribution in [0, 0.1) is 18.6 Å². The van der Waals surface area contributed by atoms with Crippen LogP contribution in [0.5, 0.6) is 0 Å². The second-order valence-corrected chi connectivity index (χ2v) is 5.83. The summed E-state index contributed by atoms with van der Waals surface area (Å²) in [6.07, 6.45) is -7.26. The number of aryl methyl sites for hydroxylation is 1. The zero-order chi connectivity index (χ0) is 16.4. The molecule has 4 nitrogen and oxygen atoms in total. The Balaban J connectivity index is 2.92. The molecule has 21 heavy (non-hydrogen) atoms. The molecule has 1 rings (SSSR count). The molecule has 1 amide bonds. The molecule has 118 valence electrons. The van der Waals surface area contributed by atoms with Gasteiger partial charge >= 0.3 is 6.18 Å². The van der Waals surface area contributed by atoms with E-state index in [1.54, 1.807) is 0 Å². The highest BCUT2D eigenvalue weighted by Gasteiger charge is 2.29. The predicted octanol–water partition coefficient (Wildman–Crippen LogP) is 2.42. The molecule has 1 N–H and O–H groups in total. The van der Waals surface area contributed by atoms with Crippen LogP contribution in [-0.2, 0) is 14.8 Å². The molecule has 0 unspecified atom stereocenters. The van der Waals surface area contributed by atoms with Crippen LogP contribution in [0.2, 0.25) is 0 Å². The molecule has 0 aliphatic rings. The largest absolute Gasteiger partial charge is 0.389 e. The zero-order valence-corrected chi connectivity index (χ0v) is 11.4. The van der Waals surface area contributed by atoms with Gasteiger partial charge in [0.2, 0.25) is 5.91 Å². The summed E-state index contributed by atoms with van der Waals surface area (Å²) in [6.45, 7) is 1.17. The van der Waals surface area contributed by atoms with Crippen molar-refractivity contribution in [2.45, 2.75) is 30.8 Å². The number of carbonyl (C=O) groups excluding carboxylic acids is 1. The Morgan fingerprint density at radius 1 is 1.19 bits per heavy atom. The fourth-order valence-corrected chi connectivity index (χ4v) is 2.51. The van der Waals surface area contributed by atoms with Gasteiger partial charge in [-0.1, -0.05) is 0 Å². The van der Waals surface area contributed by atoms with Gasteiger partial charge in [-0.25, -0.2) is 21.9 Å². The number of carbonyl (C=O) groups is 1. The summed E-state index contributed by atoms with van der Waals surface area (Å²) < 4.78 is 86.8. The van der Waals surface area contributed by atoms with E-state index in [2.05, 4.69) is 0 Å². The van der Waals surface area contributed by atoms with E-state index in [9.17, 15) is 35.2 Å². The first-order valence-electron chi connectivity index (χ1n) is 5.50. The number of hydrogen-bond acceptors (Lipinski definition) is 3. The van der Waals surface area contributed by atoms with Gasteiger partial charge in [0, 0.05) is 12.5 Å². The van der Waals surface area contributed by atoms with Crippen molar-refractivity contribution in [3.8, 4) is 0 Å². The molecule has 0 fully saturated rings. The fourth-order valence-electron chi connectivity index (χ4n) is 1.35. The van der Waals surface area contributed by atoms with Crippen LogP contribution in [-0.4, -0.2) is 20.5 Å². The Labute approximate surface area is 117 Å². The fraction of sp³-hybridized carbons (Fsp3) is 0.364. The van der Waals surface area contributed by atoms with E-state index in [1.807, 2.05) is 0 Å². The molecule has 0 aliphatic carbocycles. The minimum Gasteiger partial charge on any atom is -0.274 e. The Kier molecular flexibility index (Phi) is 4.92. The maximum absolute atomic E-state index is 13.4. The summed E-state index contributed by atoms with van der Waals surface area (Å²) in [5.41, 5.74) is -0.195. The molecule has 0 aliphatic heterocycles. The Morgan fingerprint density at radius 3 is 2.29 bits per heavy atom. The van der Waals surface area contributed by atoms with Crippen molar-refractivity contribution in [2.75, 3.05) is 0 Å². The van der Waals surface area contributed by atoms with Gasteiger partial charge in [-0.3, -0.25) is 4.79 Å². The molecule has 0 atom stereocenters. The molecule has 0 bridgehead atoms. The Hall–Kier alpha value is -1.71. The number of hydrogen-bond donors (Lipinski definition) is 1. The van der Waals surface area contributed by atoms with Gasteiger partial charge in [0.25, 0.3) is 10.0 Å². The van der Waals surface area contributed by atoms with Gasteiger partial charge in [-0.15, -0.1) is 0 Å². The van der Waals surface area contributed by atoms with Gasteiger partial charge in [-0.05, 0) is 18.6 Å². The van der Waals surface area contributed by atoms with Crippen molar-refractivity contribution in [2.24, 2.45) is 0 Å². The van der Waals surface area contributed by atoms with E-state index >= 15 is 0 Å². The second kappa shape index (κ2) is 5.96. The van der Waals surface area contributed by atoms with Gasteiger partial charge in [0.1, 0.15) is 16.5 Å². The van der Waals surface area contributed by atoms with Crippen LogP contribution < -0.4 is 4.72 Å². The van der Waals surface area contributed by atoms with E-state index in [0.717, 1.165) is 0 Å². The number of amides is 1. The first-order valence-corrected chi connectivity index (χ1v) is 6.99. The molecule has 1 aromatic carbocycles. The second-order valence-electron chi connectivity index (χ2n) is 4.18. The molecule has 0 aromatic heterocycles. The van der Waals surface area contributed by atoms with E-state index < -0.39 is 51.5 Å². The standard InChI is InChI=1S/C11H10F5NO3S/c1-6-4-9(8(13)5-7(6)12)21(19,20)17-10(18)2-3-11(14,15)16/h4-5H,2-3H2,1H3,(H,17,18). The first-order chi connectivity index (χ1) is 9.42. The van der Waals surface area contributed by atoms with Crippen LogP contribution in [0.3, 0.4) is 0 Å². The van der Waals surface area contributed by atoms with Crippen molar-refractivity contribution in [1.82, 2.24) is 4.72 Å². The van der Waals surface area contributed by atoms with Crippen molar-refractivity contribution in [1.29, 1.82) is 0 Å². The third-order valence-electron chi connectivity index (χ3n) is 2.39. The molecule has 0 heterocycles. The Bertz CT molecular complexity index is 655. The lowest BCUT2D eigenvalue weighted by Crippen LogP contribution is -2.32. The van der Waals surface area contributed by atoms with Crippen molar-refractivity contribution < 1.29 is 35.2 Å². The van der Waals surface area contributed by atoms with E-state index in [-0.39, 0.29) is 5.56 Å². The molecular formula is C11H10F5NO3S. The average molecular weight is 331 g/mol. The summed E-state index contributed by atoms with van der Waals surface area (Å²) >= 11 is 0. The van der Waals surface area contributed by atoms with E-state index in [0.29, 0.717) is 12.1 Å².